The number of carbonyl (C=O) groups is 1. The Bertz CT molecular complexity index is 859. The van der Waals surface area contributed by atoms with E-state index < -0.39 is 15.1 Å². The van der Waals surface area contributed by atoms with Crippen molar-refractivity contribution in [3.05, 3.63) is 65.2 Å². The summed E-state index contributed by atoms with van der Waals surface area (Å²) >= 11 is 0. The van der Waals surface area contributed by atoms with E-state index in [0.29, 0.717) is 23.4 Å². The maximum Gasteiger partial charge on any atom is 0.254 e. The van der Waals surface area contributed by atoms with E-state index >= 15 is 0 Å². The number of sulfone groups is 1. The second kappa shape index (κ2) is 6.40. The fourth-order valence-electron chi connectivity index (χ4n) is 3.11. The number of nitrogens with zero attached hydrogens (tertiary/aromatic N) is 1. The number of benzene rings is 2. The van der Waals surface area contributed by atoms with E-state index in [9.17, 15) is 13.2 Å². The van der Waals surface area contributed by atoms with Crippen LogP contribution in [0.15, 0.2) is 53.4 Å². The van der Waals surface area contributed by atoms with Gasteiger partial charge in [-0.15, -0.1) is 0 Å². The van der Waals surface area contributed by atoms with E-state index in [1.807, 2.05) is 32.0 Å². The first-order valence-electron chi connectivity index (χ1n) is 8.05. The van der Waals surface area contributed by atoms with Gasteiger partial charge in [0, 0.05) is 18.7 Å². The monoisotopic (exact) mass is 343 g/mol. The highest BCUT2D eigenvalue weighted by atomic mass is 32.2. The summed E-state index contributed by atoms with van der Waals surface area (Å²) in [6.45, 7) is 4.58. The zero-order valence-corrected chi connectivity index (χ0v) is 14.7. The highest BCUT2D eigenvalue weighted by Gasteiger charge is 2.36. The third-order valence-corrected chi connectivity index (χ3v) is 6.76. The van der Waals surface area contributed by atoms with Crippen LogP contribution in [0.25, 0.3) is 0 Å². The van der Waals surface area contributed by atoms with Gasteiger partial charge in [0.15, 0.2) is 9.84 Å². The molecule has 1 aliphatic rings. The molecule has 0 aromatic heterocycles. The molecule has 1 heterocycles. The second-order valence-corrected chi connectivity index (χ2v) is 8.57. The fourth-order valence-corrected chi connectivity index (χ4v) is 4.82. The number of hydrogen-bond acceptors (Lipinski definition) is 3. The molecule has 4 nitrogen and oxygen atoms in total. The van der Waals surface area contributed by atoms with Crippen molar-refractivity contribution >= 4 is 15.7 Å². The largest absolute Gasteiger partial charge is 0.337 e. The molecule has 0 spiro atoms. The van der Waals surface area contributed by atoms with Gasteiger partial charge in [-0.2, -0.15) is 0 Å². The number of likely N-dealkylation sites (tertiary alicyclic amines) is 1. The number of amides is 1. The molecule has 1 amide bonds. The Kier molecular flexibility index (Phi) is 4.45. The van der Waals surface area contributed by atoms with Crippen LogP contribution in [0.4, 0.5) is 0 Å². The maximum atomic E-state index is 12.8. The molecule has 0 bridgehead atoms. The molecule has 24 heavy (non-hydrogen) atoms. The summed E-state index contributed by atoms with van der Waals surface area (Å²) in [7, 11) is -3.40. The van der Waals surface area contributed by atoms with Crippen molar-refractivity contribution in [3.8, 4) is 0 Å². The van der Waals surface area contributed by atoms with Crippen LogP contribution in [0, 0.1) is 13.8 Å². The fraction of sp³-hybridized carbons (Fsp3) is 0.316. The molecule has 0 N–H and O–H groups in total. The number of aryl methyl sites for hydroxylation is 2. The molecule has 126 valence electrons. The van der Waals surface area contributed by atoms with Gasteiger partial charge < -0.3 is 4.90 Å². The van der Waals surface area contributed by atoms with Crippen molar-refractivity contribution < 1.29 is 13.2 Å². The summed E-state index contributed by atoms with van der Waals surface area (Å²) in [5, 5.41) is -0.533. The Labute approximate surface area is 143 Å². The molecule has 0 radical (unpaired) electrons. The second-order valence-electron chi connectivity index (χ2n) is 6.34. The molecule has 1 unspecified atom stereocenters. The summed E-state index contributed by atoms with van der Waals surface area (Å²) < 4.78 is 25.4. The van der Waals surface area contributed by atoms with Crippen molar-refractivity contribution in [3.63, 3.8) is 0 Å². The molecular formula is C19H21NO3S. The summed E-state index contributed by atoms with van der Waals surface area (Å²) in [6, 6.07) is 14.2. The molecule has 0 saturated carbocycles. The van der Waals surface area contributed by atoms with Gasteiger partial charge in [0.2, 0.25) is 0 Å². The SMILES string of the molecule is Cc1ccc(C)c(C(=O)N2CCC(S(=O)(=O)c3ccccc3)C2)c1. The molecule has 2 aromatic carbocycles. The van der Waals surface area contributed by atoms with Gasteiger partial charge in [-0.25, -0.2) is 8.42 Å². The highest BCUT2D eigenvalue weighted by Crippen LogP contribution is 2.25. The van der Waals surface area contributed by atoms with E-state index in [2.05, 4.69) is 0 Å². The van der Waals surface area contributed by atoms with E-state index in [4.69, 9.17) is 0 Å². The van der Waals surface area contributed by atoms with E-state index in [1.165, 1.54) is 0 Å². The van der Waals surface area contributed by atoms with Crippen LogP contribution in [-0.4, -0.2) is 37.6 Å². The Balaban J connectivity index is 1.80. The minimum Gasteiger partial charge on any atom is -0.337 e. The average Bonchev–Trinajstić information content (AvgIpc) is 3.08. The lowest BCUT2D eigenvalue weighted by atomic mass is 10.0. The molecular weight excluding hydrogens is 322 g/mol. The number of carbonyl (C=O) groups excluding carboxylic acids is 1. The van der Waals surface area contributed by atoms with Gasteiger partial charge in [0.05, 0.1) is 10.1 Å². The number of rotatable bonds is 3. The average molecular weight is 343 g/mol. The van der Waals surface area contributed by atoms with Crippen LogP contribution in [0.2, 0.25) is 0 Å². The van der Waals surface area contributed by atoms with Gasteiger partial charge >= 0.3 is 0 Å². The first-order valence-corrected chi connectivity index (χ1v) is 9.59. The molecule has 3 rings (SSSR count). The standard InChI is InChI=1S/C19H21NO3S/c1-14-8-9-15(2)18(12-14)19(21)20-11-10-17(13-20)24(22,23)16-6-4-3-5-7-16/h3-9,12,17H,10-11,13H2,1-2H3. The van der Waals surface area contributed by atoms with Crippen molar-refractivity contribution in [2.75, 3.05) is 13.1 Å². The lowest BCUT2D eigenvalue weighted by molar-refractivity contribution is 0.0792. The highest BCUT2D eigenvalue weighted by molar-refractivity contribution is 7.92. The summed E-state index contributed by atoms with van der Waals surface area (Å²) in [5.74, 6) is -0.0815. The smallest absolute Gasteiger partial charge is 0.254 e. The minimum absolute atomic E-state index is 0.0815. The van der Waals surface area contributed by atoms with E-state index in [0.717, 1.165) is 11.1 Å². The van der Waals surface area contributed by atoms with Gasteiger partial charge in [-0.05, 0) is 44.0 Å². The Morgan fingerprint density at radius 1 is 1.08 bits per heavy atom. The lowest BCUT2D eigenvalue weighted by Crippen LogP contribution is -2.32. The first kappa shape index (κ1) is 16.7. The number of hydrogen-bond donors (Lipinski definition) is 0. The maximum absolute atomic E-state index is 12.8. The molecule has 1 fully saturated rings. The molecule has 2 aromatic rings. The van der Waals surface area contributed by atoms with Crippen LogP contribution in [0.5, 0.6) is 0 Å². The van der Waals surface area contributed by atoms with Crippen molar-refractivity contribution in [1.82, 2.24) is 4.90 Å². The van der Waals surface area contributed by atoms with Crippen molar-refractivity contribution in [2.24, 2.45) is 0 Å². The lowest BCUT2D eigenvalue weighted by Gasteiger charge is -2.18. The van der Waals surface area contributed by atoms with Crippen LogP contribution in [0.3, 0.4) is 0 Å². The minimum atomic E-state index is -3.40. The van der Waals surface area contributed by atoms with E-state index in [1.54, 1.807) is 35.2 Å². The van der Waals surface area contributed by atoms with Crippen LogP contribution < -0.4 is 0 Å². The topological polar surface area (TPSA) is 54.5 Å². The first-order chi connectivity index (χ1) is 11.4. The molecule has 0 aliphatic carbocycles. The van der Waals surface area contributed by atoms with Crippen LogP contribution in [-0.2, 0) is 9.84 Å². The Morgan fingerprint density at radius 3 is 2.50 bits per heavy atom. The van der Waals surface area contributed by atoms with Gasteiger partial charge in [-0.1, -0.05) is 35.9 Å². The molecule has 5 heteroatoms. The predicted molar refractivity (Wildman–Crippen MR) is 93.9 cm³/mol. The van der Waals surface area contributed by atoms with Crippen LogP contribution >= 0.6 is 0 Å². The zero-order chi connectivity index (χ0) is 17.3. The third-order valence-electron chi connectivity index (χ3n) is 4.57. The molecule has 1 saturated heterocycles. The normalized spacial score (nSPS) is 17.9. The molecule has 1 atom stereocenters. The summed E-state index contributed by atoms with van der Waals surface area (Å²) in [6.07, 6.45) is 0.480. The Hall–Kier alpha value is -2.14. The van der Waals surface area contributed by atoms with Crippen molar-refractivity contribution in [1.29, 1.82) is 0 Å². The predicted octanol–water partition coefficient (Wildman–Crippen LogP) is 2.99. The van der Waals surface area contributed by atoms with Gasteiger partial charge in [0.25, 0.3) is 5.91 Å². The zero-order valence-electron chi connectivity index (χ0n) is 13.9. The molecule has 1 aliphatic heterocycles. The summed E-state index contributed by atoms with van der Waals surface area (Å²) in [4.78, 5) is 14.7. The van der Waals surface area contributed by atoms with E-state index in [-0.39, 0.29) is 12.5 Å². The third kappa shape index (κ3) is 3.08. The summed E-state index contributed by atoms with van der Waals surface area (Å²) in [5.41, 5.74) is 2.60. The van der Waals surface area contributed by atoms with Gasteiger partial charge in [-0.3, -0.25) is 4.79 Å². The quantitative estimate of drug-likeness (QED) is 0.861. The Morgan fingerprint density at radius 2 is 1.79 bits per heavy atom. The van der Waals surface area contributed by atoms with Gasteiger partial charge in [0.1, 0.15) is 0 Å². The van der Waals surface area contributed by atoms with Crippen molar-refractivity contribution in [2.45, 2.75) is 30.4 Å². The van der Waals surface area contributed by atoms with Crippen LogP contribution in [0.1, 0.15) is 27.9 Å².